The molecule has 0 radical (unpaired) electrons. The summed E-state index contributed by atoms with van der Waals surface area (Å²) in [6, 6.07) is 6.35. The van der Waals surface area contributed by atoms with Crippen LogP contribution in [-0.2, 0) is 6.61 Å². The van der Waals surface area contributed by atoms with E-state index in [1.54, 1.807) is 0 Å². The Morgan fingerprint density at radius 2 is 2.12 bits per heavy atom. The third kappa shape index (κ3) is 2.31. The van der Waals surface area contributed by atoms with Crippen molar-refractivity contribution in [3.63, 3.8) is 0 Å². The fourth-order valence-electron chi connectivity index (χ4n) is 2.64. The van der Waals surface area contributed by atoms with E-state index in [9.17, 15) is 5.11 Å². The monoisotopic (exact) mass is 235 g/mol. The summed E-state index contributed by atoms with van der Waals surface area (Å²) in [4.78, 5) is 2.28. The number of aryl methyl sites for hydroxylation is 1. The maximum atomic E-state index is 9.46. The lowest BCUT2D eigenvalue weighted by molar-refractivity contribution is 0.244. The normalized spacial score (nSPS) is 24.4. The molecule has 3 nitrogen and oxygen atoms in total. The zero-order chi connectivity index (χ0) is 12.4. The summed E-state index contributed by atoms with van der Waals surface area (Å²) in [6.07, 6.45) is 1.13. The van der Waals surface area contributed by atoms with Crippen LogP contribution < -0.4 is 4.90 Å². The molecule has 0 aromatic heterocycles. The second-order valence-corrected chi connectivity index (χ2v) is 4.98. The number of nitrogens with zero attached hydrogens (tertiary/aromatic N) is 1. The van der Waals surface area contributed by atoms with E-state index >= 15 is 0 Å². The Morgan fingerprint density at radius 3 is 2.71 bits per heavy atom. The van der Waals surface area contributed by atoms with Crippen LogP contribution in [-0.4, -0.2) is 29.4 Å². The SMILES string of the molecule is Cc1cc(N2CCC(C)C2CO)ccc1CO. The van der Waals surface area contributed by atoms with Gasteiger partial charge in [0.2, 0.25) is 0 Å². The number of aliphatic hydroxyl groups excluding tert-OH is 2. The summed E-state index contributed by atoms with van der Waals surface area (Å²) >= 11 is 0. The van der Waals surface area contributed by atoms with Gasteiger partial charge in [0.25, 0.3) is 0 Å². The first-order chi connectivity index (χ1) is 8.17. The minimum atomic E-state index is 0.0892. The molecule has 1 aliphatic heterocycles. The minimum absolute atomic E-state index is 0.0892. The van der Waals surface area contributed by atoms with Crippen molar-refractivity contribution in [2.45, 2.75) is 32.9 Å². The molecule has 2 N–H and O–H groups in total. The first kappa shape index (κ1) is 12.4. The van der Waals surface area contributed by atoms with Crippen molar-refractivity contribution < 1.29 is 10.2 Å². The van der Waals surface area contributed by atoms with Crippen molar-refractivity contribution in [3.8, 4) is 0 Å². The number of anilines is 1. The Balaban J connectivity index is 2.25. The second kappa shape index (κ2) is 5.07. The van der Waals surface area contributed by atoms with Gasteiger partial charge in [0.15, 0.2) is 0 Å². The summed E-state index contributed by atoms with van der Waals surface area (Å²) in [7, 11) is 0. The topological polar surface area (TPSA) is 43.7 Å². The van der Waals surface area contributed by atoms with Crippen LogP contribution in [0.3, 0.4) is 0 Å². The average Bonchev–Trinajstić information content (AvgIpc) is 2.70. The molecule has 2 unspecified atom stereocenters. The van der Waals surface area contributed by atoms with Gasteiger partial charge in [-0.1, -0.05) is 13.0 Å². The van der Waals surface area contributed by atoms with Crippen LogP contribution in [0.15, 0.2) is 18.2 Å². The number of benzene rings is 1. The van der Waals surface area contributed by atoms with Crippen LogP contribution in [0.2, 0.25) is 0 Å². The van der Waals surface area contributed by atoms with Crippen molar-refractivity contribution in [1.82, 2.24) is 0 Å². The Kier molecular flexibility index (Phi) is 3.69. The van der Waals surface area contributed by atoms with Crippen LogP contribution >= 0.6 is 0 Å². The van der Waals surface area contributed by atoms with E-state index in [4.69, 9.17) is 5.11 Å². The van der Waals surface area contributed by atoms with Crippen molar-refractivity contribution in [1.29, 1.82) is 0 Å². The molecule has 1 aromatic rings. The molecule has 94 valence electrons. The average molecular weight is 235 g/mol. The van der Waals surface area contributed by atoms with Gasteiger partial charge in [0.1, 0.15) is 0 Å². The summed E-state index contributed by atoms with van der Waals surface area (Å²) in [5, 5.41) is 18.6. The fourth-order valence-corrected chi connectivity index (χ4v) is 2.64. The van der Waals surface area contributed by atoms with Crippen LogP contribution in [0.1, 0.15) is 24.5 Å². The largest absolute Gasteiger partial charge is 0.394 e. The molecule has 1 fully saturated rings. The zero-order valence-corrected chi connectivity index (χ0v) is 10.6. The Hall–Kier alpha value is -1.06. The molecule has 1 heterocycles. The molecule has 0 aliphatic carbocycles. The first-order valence-electron chi connectivity index (χ1n) is 6.25. The van der Waals surface area contributed by atoms with E-state index < -0.39 is 0 Å². The summed E-state index contributed by atoms with van der Waals surface area (Å²) in [5.41, 5.74) is 3.24. The fraction of sp³-hybridized carbons (Fsp3) is 0.571. The van der Waals surface area contributed by atoms with Gasteiger partial charge in [-0.2, -0.15) is 0 Å². The summed E-state index contributed by atoms with van der Waals surface area (Å²) in [6.45, 7) is 5.51. The number of hydrogen-bond acceptors (Lipinski definition) is 3. The highest BCUT2D eigenvalue weighted by Gasteiger charge is 2.30. The van der Waals surface area contributed by atoms with E-state index in [2.05, 4.69) is 17.9 Å². The minimum Gasteiger partial charge on any atom is -0.394 e. The van der Waals surface area contributed by atoms with E-state index in [0.29, 0.717) is 5.92 Å². The molecule has 0 amide bonds. The van der Waals surface area contributed by atoms with E-state index in [-0.39, 0.29) is 19.3 Å². The summed E-state index contributed by atoms with van der Waals surface area (Å²) in [5.74, 6) is 0.540. The van der Waals surface area contributed by atoms with Gasteiger partial charge in [0, 0.05) is 12.2 Å². The van der Waals surface area contributed by atoms with Gasteiger partial charge in [-0.25, -0.2) is 0 Å². The van der Waals surface area contributed by atoms with Gasteiger partial charge >= 0.3 is 0 Å². The summed E-state index contributed by atoms with van der Waals surface area (Å²) < 4.78 is 0. The van der Waals surface area contributed by atoms with Crippen molar-refractivity contribution in [3.05, 3.63) is 29.3 Å². The van der Waals surface area contributed by atoms with E-state index in [1.807, 2.05) is 19.1 Å². The molecule has 0 bridgehead atoms. The van der Waals surface area contributed by atoms with Gasteiger partial charge in [-0.3, -0.25) is 0 Å². The Morgan fingerprint density at radius 1 is 1.35 bits per heavy atom. The van der Waals surface area contributed by atoms with Crippen molar-refractivity contribution in [2.24, 2.45) is 5.92 Å². The highest BCUT2D eigenvalue weighted by molar-refractivity contribution is 5.52. The predicted octanol–water partition coefficient (Wildman–Crippen LogP) is 1.69. The Labute approximate surface area is 103 Å². The van der Waals surface area contributed by atoms with Gasteiger partial charge in [-0.05, 0) is 42.5 Å². The van der Waals surface area contributed by atoms with Gasteiger partial charge in [0.05, 0.1) is 19.3 Å². The van der Waals surface area contributed by atoms with Crippen LogP contribution in [0.5, 0.6) is 0 Å². The number of aliphatic hydroxyl groups is 2. The molecule has 1 aromatic carbocycles. The molecular weight excluding hydrogens is 214 g/mol. The zero-order valence-electron chi connectivity index (χ0n) is 10.6. The maximum Gasteiger partial charge on any atom is 0.0684 e. The number of hydrogen-bond donors (Lipinski definition) is 2. The molecular formula is C14H21NO2. The lowest BCUT2D eigenvalue weighted by Gasteiger charge is -2.28. The molecule has 3 heteroatoms. The molecule has 17 heavy (non-hydrogen) atoms. The quantitative estimate of drug-likeness (QED) is 0.838. The molecule has 2 rings (SSSR count). The van der Waals surface area contributed by atoms with E-state index in [1.165, 1.54) is 0 Å². The second-order valence-electron chi connectivity index (χ2n) is 4.98. The molecule has 1 saturated heterocycles. The standard InChI is InChI=1S/C14H21NO2/c1-10-5-6-15(14(10)9-17)13-4-3-12(8-16)11(2)7-13/h3-4,7,10,14,16-17H,5-6,8-9H2,1-2H3. The number of rotatable bonds is 3. The predicted molar refractivity (Wildman–Crippen MR) is 69.1 cm³/mol. The van der Waals surface area contributed by atoms with Crippen molar-refractivity contribution >= 4 is 5.69 Å². The third-order valence-electron chi connectivity index (χ3n) is 3.90. The van der Waals surface area contributed by atoms with Crippen LogP contribution in [0, 0.1) is 12.8 Å². The van der Waals surface area contributed by atoms with E-state index in [0.717, 1.165) is 29.8 Å². The molecule has 0 spiro atoms. The first-order valence-corrected chi connectivity index (χ1v) is 6.25. The van der Waals surface area contributed by atoms with Crippen LogP contribution in [0.25, 0.3) is 0 Å². The molecule has 2 atom stereocenters. The smallest absolute Gasteiger partial charge is 0.0684 e. The highest BCUT2D eigenvalue weighted by Crippen LogP contribution is 2.30. The van der Waals surface area contributed by atoms with Crippen molar-refractivity contribution in [2.75, 3.05) is 18.1 Å². The van der Waals surface area contributed by atoms with Gasteiger partial charge in [-0.15, -0.1) is 0 Å². The third-order valence-corrected chi connectivity index (χ3v) is 3.90. The lowest BCUT2D eigenvalue weighted by Crippen LogP contribution is -2.35. The molecule has 1 aliphatic rings. The molecule has 0 saturated carbocycles. The maximum absolute atomic E-state index is 9.46. The van der Waals surface area contributed by atoms with Gasteiger partial charge < -0.3 is 15.1 Å². The highest BCUT2D eigenvalue weighted by atomic mass is 16.3. The lowest BCUT2D eigenvalue weighted by atomic mass is 10.0. The Bertz CT molecular complexity index is 392. The van der Waals surface area contributed by atoms with Crippen LogP contribution in [0.4, 0.5) is 5.69 Å².